The Morgan fingerprint density at radius 2 is 0.645 bits per heavy atom. The molecule has 0 aromatic rings. The van der Waals surface area contributed by atoms with E-state index in [0.29, 0.717) is 0 Å². The first-order valence-electron chi connectivity index (χ1n) is 15.2. The van der Waals surface area contributed by atoms with Crippen molar-refractivity contribution in [3.05, 3.63) is 0 Å². The Morgan fingerprint density at radius 1 is 0.355 bits per heavy atom. The summed E-state index contributed by atoms with van der Waals surface area (Å²) >= 11 is 0. The quantitative estimate of drug-likeness (QED) is 0.366. The second-order valence-corrected chi connectivity index (χ2v) is 14.7. The van der Waals surface area contributed by atoms with Crippen LogP contribution in [0.5, 0.6) is 0 Å². The topological polar surface area (TPSA) is 12.0 Å². The van der Waals surface area contributed by atoms with Crippen molar-refractivity contribution in [3.63, 3.8) is 0 Å². The standard InChI is InChI=1S/C29H57NSi/c1-2-6-10-14-18-22-28-24-26(20-16-12-8-4-1)30-27-21-17-13-9-5-3-7-11-15-19-23-29(25-27)31-28/h26-30H,1-25,31H2. The Kier molecular flexibility index (Phi) is 13.9. The van der Waals surface area contributed by atoms with Crippen molar-refractivity contribution >= 4 is 9.52 Å². The van der Waals surface area contributed by atoms with E-state index < -0.39 is 0 Å². The lowest BCUT2D eigenvalue weighted by molar-refractivity contribution is 0.316. The molecule has 2 saturated carbocycles. The van der Waals surface area contributed by atoms with E-state index in [4.69, 9.17) is 0 Å². The first-order chi connectivity index (χ1) is 15.4. The van der Waals surface area contributed by atoms with Crippen LogP contribution in [0.15, 0.2) is 0 Å². The van der Waals surface area contributed by atoms with Crippen LogP contribution in [0.2, 0.25) is 11.1 Å². The fraction of sp³-hybridized carbons (Fsp3) is 1.00. The van der Waals surface area contributed by atoms with Gasteiger partial charge in [-0.15, -0.1) is 0 Å². The second kappa shape index (κ2) is 16.7. The van der Waals surface area contributed by atoms with Gasteiger partial charge >= 0.3 is 0 Å². The largest absolute Gasteiger partial charge is 0.311 e. The van der Waals surface area contributed by atoms with Crippen molar-refractivity contribution in [1.82, 2.24) is 5.32 Å². The van der Waals surface area contributed by atoms with Crippen LogP contribution >= 0.6 is 0 Å². The SMILES string of the molecule is C1CCCCCCC2CC(CCCCC1)NC1CCCCCCCCCCCC(C1)[SiH2]2. The molecule has 0 radical (unpaired) electrons. The van der Waals surface area contributed by atoms with E-state index >= 15 is 0 Å². The van der Waals surface area contributed by atoms with Crippen LogP contribution in [0.25, 0.3) is 0 Å². The second-order valence-electron chi connectivity index (χ2n) is 11.9. The molecule has 182 valence electrons. The van der Waals surface area contributed by atoms with Gasteiger partial charge in [0.25, 0.3) is 0 Å². The Bertz CT molecular complexity index is 389. The fourth-order valence-electron chi connectivity index (χ4n) is 7.11. The van der Waals surface area contributed by atoms with Gasteiger partial charge in [-0.2, -0.15) is 0 Å². The van der Waals surface area contributed by atoms with Crippen LogP contribution in [0.4, 0.5) is 0 Å². The summed E-state index contributed by atoms with van der Waals surface area (Å²) in [6, 6.07) is 1.71. The molecule has 3 aliphatic rings. The molecule has 1 heterocycles. The summed E-state index contributed by atoms with van der Waals surface area (Å²) in [7, 11) is 0.0715. The molecule has 31 heavy (non-hydrogen) atoms. The highest BCUT2D eigenvalue weighted by atomic mass is 28.2. The maximum Gasteiger partial charge on any atom is 0.0266 e. The predicted octanol–water partition coefficient (Wildman–Crippen LogP) is 8.85. The minimum Gasteiger partial charge on any atom is -0.311 e. The van der Waals surface area contributed by atoms with Crippen molar-refractivity contribution < 1.29 is 0 Å². The van der Waals surface area contributed by atoms with Gasteiger partial charge in [0.1, 0.15) is 0 Å². The van der Waals surface area contributed by atoms with Crippen molar-refractivity contribution in [1.29, 1.82) is 0 Å². The lowest BCUT2D eigenvalue weighted by Gasteiger charge is -2.36. The van der Waals surface area contributed by atoms with Gasteiger partial charge in [0.05, 0.1) is 0 Å². The summed E-state index contributed by atoms with van der Waals surface area (Å²) in [4.78, 5) is 0. The van der Waals surface area contributed by atoms with E-state index in [9.17, 15) is 0 Å². The van der Waals surface area contributed by atoms with E-state index in [1.165, 1.54) is 122 Å². The molecule has 1 saturated heterocycles. The predicted molar refractivity (Wildman–Crippen MR) is 142 cm³/mol. The van der Waals surface area contributed by atoms with E-state index in [0.717, 1.165) is 23.2 Å². The van der Waals surface area contributed by atoms with Gasteiger partial charge in [-0.1, -0.05) is 135 Å². The third-order valence-corrected chi connectivity index (χ3v) is 11.8. The maximum atomic E-state index is 4.31. The molecule has 1 nitrogen and oxygen atoms in total. The fourth-order valence-corrected chi connectivity index (χ4v) is 10.3. The lowest BCUT2D eigenvalue weighted by Crippen LogP contribution is -2.43. The average molecular weight is 448 g/mol. The van der Waals surface area contributed by atoms with Crippen LogP contribution in [0.1, 0.15) is 161 Å². The number of hydrogen-bond donors (Lipinski definition) is 1. The third kappa shape index (κ3) is 11.7. The molecule has 2 aliphatic carbocycles. The molecule has 0 aromatic carbocycles. The third-order valence-electron chi connectivity index (χ3n) is 8.95. The van der Waals surface area contributed by atoms with Crippen LogP contribution in [0.3, 0.4) is 0 Å². The van der Waals surface area contributed by atoms with Crippen LogP contribution in [-0.4, -0.2) is 21.6 Å². The Hall–Kier alpha value is 0.177. The van der Waals surface area contributed by atoms with Gasteiger partial charge in [-0.3, -0.25) is 0 Å². The highest BCUT2D eigenvalue weighted by Crippen LogP contribution is 2.35. The molecule has 0 amide bonds. The highest BCUT2D eigenvalue weighted by Gasteiger charge is 2.28. The molecule has 4 atom stereocenters. The monoisotopic (exact) mass is 447 g/mol. The van der Waals surface area contributed by atoms with Crippen LogP contribution in [0, 0.1) is 0 Å². The highest BCUT2D eigenvalue weighted by molar-refractivity contribution is 6.39. The smallest absolute Gasteiger partial charge is 0.0266 e. The number of rotatable bonds is 0. The summed E-state index contributed by atoms with van der Waals surface area (Å²) in [5.74, 6) is 0. The van der Waals surface area contributed by atoms with Gasteiger partial charge in [0.2, 0.25) is 0 Å². The molecule has 0 spiro atoms. The number of hydrogen-bond acceptors (Lipinski definition) is 1. The molecular formula is C29H57NSi. The molecular weight excluding hydrogens is 390 g/mol. The minimum atomic E-state index is 0.0715. The van der Waals surface area contributed by atoms with Gasteiger partial charge in [-0.05, 0) is 36.8 Å². The number of fused-ring (bicyclic) bond motifs is 4. The summed E-state index contributed by atoms with van der Waals surface area (Å²) in [5, 5.41) is 4.31. The van der Waals surface area contributed by atoms with Gasteiger partial charge in [-0.25, -0.2) is 0 Å². The van der Waals surface area contributed by atoms with Crippen molar-refractivity contribution in [2.45, 2.75) is 184 Å². The van der Waals surface area contributed by atoms with Gasteiger partial charge in [0, 0.05) is 21.6 Å². The van der Waals surface area contributed by atoms with Crippen LogP contribution < -0.4 is 5.32 Å². The molecule has 3 rings (SSSR count). The summed E-state index contributed by atoms with van der Waals surface area (Å²) < 4.78 is 0. The summed E-state index contributed by atoms with van der Waals surface area (Å²) in [6.45, 7) is 0. The van der Waals surface area contributed by atoms with Gasteiger partial charge in [0.15, 0.2) is 0 Å². The van der Waals surface area contributed by atoms with E-state index in [1.807, 2.05) is 0 Å². The van der Waals surface area contributed by atoms with E-state index in [1.54, 1.807) is 38.5 Å². The number of nitrogens with one attached hydrogen (secondary N) is 1. The maximum absolute atomic E-state index is 4.31. The Morgan fingerprint density at radius 3 is 1.00 bits per heavy atom. The molecule has 4 bridgehead atoms. The average Bonchev–Trinajstić information content (AvgIpc) is 2.76. The van der Waals surface area contributed by atoms with Crippen LogP contribution in [-0.2, 0) is 0 Å². The molecule has 4 unspecified atom stereocenters. The molecule has 1 aliphatic heterocycles. The van der Waals surface area contributed by atoms with E-state index in [2.05, 4.69) is 5.32 Å². The van der Waals surface area contributed by atoms with Crippen molar-refractivity contribution in [2.24, 2.45) is 0 Å². The zero-order valence-electron chi connectivity index (χ0n) is 21.2. The summed E-state index contributed by atoms with van der Waals surface area (Å²) in [6.07, 6.45) is 37.9. The normalized spacial score (nSPS) is 35.6. The Balaban J connectivity index is 1.60. The van der Waals surface area contributed by atoms with Gasteiger partial charge < -0.3 is 5.32 Å². The zero-order valence-corrected chi connectivity index (χ0v) is 22.6. The molecule has 2 heteroatoms. The minimum absolute atomic E-state index is 0.0715. The molecule has 3 fully saturated rings. The van der Waals surface area contributed by atoms with Crippen molar-refractivity contribution in [3.8, 4) is 0 Å². The van der Waals surface area contributed by atoms with Crippen molar-refractivity contribution in [2.75, 3.05) is 0 Å². The van der Waals surface area contributed by atoms with E-state index in [-0.39, 0.29) is 9.52 Å². The molecule has 0 aromatic heterocycles. The molecule has 1 N–H and O–H groups in total. The Labute approximate surface area is 198 Å². The lowest BCUT2D eigenvalue weighted by atomic mass is 9.94. The zero-order chi connectivity index (χ0) is 21.4. The first kappa shape index (κ1) is 25.8. The first-order valence-corrected chi connectivity index (χ1v) is 16.8. The summed E-state index contributed by atoms with van der Waals surface area (Å²) in [5.41, 5.74) is 2.29.